The molecule has 7 heteroatoms. The fourth-order valence-corrected chi connectivity index (χ4v) is 2.61. The van der Waals surface area contributed by atoms with Gasteiger partial charge in [-0.05, 0) is 52.0 Å². The normalized spacial score (nSPS) is 12.7. The molecule has 0 spiro atoms. The second kappa shape index (κ2) is 8.21. The van der Waals surface area contributed by atoms with E-state index in [4.69, 9.17) is 9.47 Å². The lowest BCUT2D eigenvalue weighted by atomic mass is 10.1. The molecule has 1 aromatic heterocycles. The van der Waals surface area contributed by atoms with E-state index in [0.29, 0.717) is 6.42 Å². The number of rotatable bonds is 6. The number of fused-ring (bicyclic) bond motifs is 1. The van der Waals surface area contributed by atoms with Gasteiger partial charge in [-0.25, -0.2) is 9.18 Å². The molecule has 142 valence electrons. The molecule has 0 saturated carbocycles. The Bertz CT molecular complexity index is 779. The Hall–Kier alpha value is -2.57. The lowest BCUT2D eigenvalue weighted by Crippen LogP contribution is -2.41. The molecule has 1 amide bonds. The molecule has 0 saturated heterocycles. The van der Waals surface area contributed by atoms with Gasteiger partial charge in [-0.15, -0.1) is 0 Å². The topological polar surface area (TPSA) is 80.4 Å². The molecule has 2 N–H and O–H groups in total. The highest BCUT2D eigenvalue weighted by atomic mass is 19.1. The summed E-state index contributed by atoms with van der Waals surface area (Å²) < 4.78 is 23.6. The Morgan fingerprint density at radius 3 is 2.65 bits per heavy atom. The third kappa shape index (κ3) is 6.06. The van der Waals surface area contributed by atoms with E-state index in [9.17, 15) is 14.0 Å². The second-order valence-electron chi connectivity index (χ2n) is 7.08. The number of amides is 1. The molecule has 1 atom stereocenters. The first-order valence-electron chi connectivity index (χ1n) is 8.58. The zero-order valence-corrected chi connectivity index (χ0v) is 15.5. The van der Waals surface area contributed by atoms with Crippen molar-refractivity contribution in [3.63, 3.8) is 0 Å². The van der Waals surface area contributed by atoms with E-state index >= 15 is 0 Å². The molecule has 0 unspecified atom stereocenters. The molecule has 0 fully saturated rings. The molecule has 1 aromatic carbocycles. The molecular weight excluding hydrogens is 339 g/mol. The quantitative estimate of drug-likeness (QED) is 0.766. The van der Waals surface area contributed by atoms with Gasteiger partial charge >= 0.3 is 12.1 Å². The number of hydrogen-bond donors (Lipinski definition) is 2. The molecule has 0 radical (unpaired) electrons. The maximum absolute atomic E-state index is 13.3. The van der Waals surface area contributed by atoms with Crippen molar-refractivity contribution in [2.45, 2.75) is 52.2 Å². The maximum atomic E-state index is 13.3. The summed E-state index contributed by atoms with van der Waals surface area (Å²) in [4.78, 5) is 27.1. The van der Waals surface area contributed by atoms with Crippen LogP contribution in [0.4, 0.5) is 9.18 Å². The summed E-state index contributed by atoms with van der Waals surface area (Å²) in [7, 11) is 0. The van der Waals surface area contributed by atoms with Crippen molar-refractivity contribution >= 4 is 23.0 Å². The Kier molecular flexibility index (Phi) is 6.23. The highest BCUT2D eigenvalue weighted by molar-refractivity contribution is 5.80. The average Bonchev–Trinajstić information content (AvgIpc) is 2.86. The van der Waals surface area contributed by atoms with Gasteiger partial charge in [-0.2, -0.15) is 0 Å². The second-order valence-corrected chi connectivity index (χ2v) is 7.08. The van der Waals surface area contributed by atoms with E-state index in [2.05, 4.69) is 10.3 Å². The molecule has 0 bridgehead atoms. The van der Waals surface area contributed by atoms with Crippen LogP contribution in [0.5, 0.6) is 0 Å². The van der Waals surface area contributed by atoms with E-state index < -0.39 is 23.7 Å². The van der Waals surface area contributed by atoms with Crippen molar-refractivity contribution in [1.82, 2.24) is 10.3 Å². The van der Waals surface area contributed by atoms with Gasteiger partial charge in [0.2, 0.25) is 0 Å². The van der Waals surface area contributed by atoms with Gasteiger partial charge in [0.25, 0.3) is 0 Å². The molecule has 26 heavy (non-hydrogen) atoms. The van der Waals surface area contributed by atoms with Crippen molar-refractivity contribution in [3.05, 3.63) is 35.8 Å². The third-order valence-electron chi connectivity index (χ3n) is 3.54. The molecule has 0 aliphatic heterocycles. The van der Waals surface area contributed by atoms with Crippen molar-refractivity contribution in [2.24, 2.45) is 0 Å². The van der Waals surface area contributed by atoms with Crippen LogP contribution < -0.4 is 5.32 Å². The Morgan fingerprint density at radius 2 is 2.00 bits per heavy atom. The Labute approximate surface area is 152 Å². The highest BCUT2D eigenvalue weighted by Crippen LogP contribution is 2.18. The van der Waals surface area contributed by atoms with Gasteiger partial charge in [0.05, 0.1) is 13.0 Å². The SMILES string of the molecule is CCOC(=O)C[C@@H](Cc1cc2cc(F)ccc2[nH]1)NC(=O)OC(C)(C)C. The summed E-state index contributed by atoms with van der Waals surface area (Å²) in [6, 6.07) is 5.74. The monoisotopic (exact) mass is 364 g/mol. The van der Waals surface area contributed by atoms with Crippen LogP contribution in [0.15, 0.2) is 24.3 Å². The number of aromatic amines is 1. The van der Waals surface area contributed by atoms with Crippen LogP contribution in [-0.4, -0.2) is 35.3 Å². The minimum Gasteiger partial charge on any atom is -0.466 e. The summed E-state index contributed by atoms with van der Waals surface area (Å²) in [6.07, 6.45) is -0.237. The number of esters is 1. The summed E-state index contributed by atoms with van der Waals surface area (Å²) in [5.41, 5.74) is 0.918. The number of carbonyl (C=O) groups excluding carboxylic acids is 2. The number of ether oxygens (including phenoxy) is 2. The van der Waals surface area contributed by atoms with Crippen LogP contribution >= 0.6 is 0 Å². The summed E-state index contributed by atoms with van der Waals surface area (Å²) in [5, 5.41) is 3.44. The number of hydrogen-bond acceptors (Lipinski definition) is 4. The van der Waals surface area contributed by atoms with Gasteiger partial charge in [-0.3, -0.25) is 4.79 Å². The van der Waals surface area contributed by atoms with Crippen LogP contribution in [0.2, 0.25) is 0 Å². The minimum atomic E-state index is -0.642. The Balaban J connectivity index is 2.13. The molecule has 6 nitrogen and oxygen atoms in total. The fraction of sp³-hybridized carbons (Fsp3) is 0.474. The average molecular weight is 364 g/mol. The van der Waals surface area contributed by atoms with Crippen LogP contribution in [-0.2, 0) is 20.7 Å². The van der Waals surface area contributed by atoms with Crippen molar-refractivity contribution in [2.75, 3.05) is 6.61 Å². The summed E-state index contributed by atoms with van der Waals surface area (Å²) in [6.45, 7) is 7.28. The van der Waals surface area contributed by atoms with Gasteiger partial charge in [0, 0.05) is 29.1 Å². The van der Waals surface area contributed by atoms with Crippen LogP contribution in [0.25, 0.3) is 10.9 Å². The van der Waals surface area contributed by atoms with Gasteiger partial charge < -0.3 is 19.8 Å². The van der Waals surface area contributed by atoms with Gasteiger partial charge in [-0.1, -0.05) is 0 Å². The van der Waals surface area contributed by atoms with Crippen LogP contribution in [0, 0.1) is 5.82 Å². The molecule has 2 rings (SSSR count). The van der Waals surface area contributed by atoms with Gasteiger partial charge in [0.1, 0.15) is 11.4 Å². The molecule has 0 aliphatic carbocycles. The lowest BCUT2D eigenvalue weighted by Gasteiger charge is -2.23. The van der Waals surface area contributed by atoms with Crippen LogP contribution in [0.1, 0.15) is 39.8 Å². The van der Waals surface area contributed by atoms with E-state index in [1.54, 1.807) is 39.8 Å². The van der Waals surface area contributed by atoms with Crippen molar-refractivity contribution in [3.8, 4) is 0 Å². The number of carbonyl (C=O) groups is 2. The van der Waals surface area contributed by atoms with Crippen LogP contribution in [0.3, 0.4) is 0 Å². The molecule has 2 aromatic rings. The first kappa shape index (κ1) is 19.8. The number of H-pyrrole nitrogens is 1. The fourth-order valence-electron chi connectivity index (χ4n) is 2.61. The molecule has 0 aliphatic rings. The zero-order valence-electron chi connectivity index (χ0n) is 15.5. The standard InChI is InChI=1S/C19H25FN2O4/c1-5-25-17(23)11-15(22-18(24)26-19(2,3)4)10-14-9-12-8-13(20)6-7-16(12)21-14/h6-9,15,21H,5,10-11H2,1-4H3,(H,22,24)/t15-/m1/s1. The maximum Gasteiger partial charge on any atom is 0.407 e. The molecular formula is C19H25FN2O4. The van der Waals surface area contributed by atoms with E-state index in [1.807, 2.05) is 0 Å². The lowest BCUT2D eigenvalue weighted by molar-refractivity contribution is -0.143. The highest BCUT2D eigenvalue weighted by Gasteiger charge is 2.22. The largest absolute Gasteiger partial charge is 0.466 e. The number of benzene rings is 1. The predicted molar refractivity (Wildman–Crippen MR) is 96.4 cm³/mol. The van der Waals surface area contributed by atoms with Crippen molar-refractivity contribution < 1.29 is 23.5 Å². The van der Waals surface area contributed by atoms with Crippen molar-refractivity contribution in [1.29, 1.82) is 0 Å². The number of aromatic nitrogens is 1. The predicted octanol–water partition coefficient (Wildman–Crippen LogP) is 3.70. The summed E-state index contributed by atoms with van der Waals surface area (Å²) in [5.74, 6) is -0.728. The van der Waals surface area contributed by atoms with Gasteiger partial charge in [0.15, 0.2) is 0 Å². The van der Waals surface area contributed by atoms with E-state index in [-0.39, 0.29) is 18.8 Å². The van der Waals surface area contributed by atoms with E-state index in [0.717, 1.165) is 16.6 Å². The number of halogens is 1. The Morgan fingerprint density at radius 1 is 1.27 bits per heavy atom. The number of nitrogens with one attached hydrogen (secondary N) is 2. The smallest absolute Gasteiger partial charge is 0.407 e. The number of alkyl carbamates (subject to hydrolysis) is 1. The minimum absolute atomic E-state index is 0.0107. The first-order chi connectivity index (χ1) is 12.2. The first-order valence-corrected chi connectivity index (χ1v) is 8.58. The zero-order chi connectivity index (χ0) is 19.3. The third-order valence-corrected chi connectivity index (χ3v) is 3.54. The molecule has 1 heterocycles. The summed E-state index contributed by atoms with van der Waals surface area (Å²) >= 11 is 0. The van der Waals surface area contributed by atoms with E-state index in [1.165, 1.54) is 12.1 Å².